The van der Waals surface area contributed by atoms with Gasteiger partial charge < -0.3 is 9.47 Å². The molecule has 1 aliphatic rings. The highest BCUT2D eigenvalue weighted by molar-refractivity contribution is 7.99. The highest BCUT2D eigenvalue weighted by Gasteiger charge is 2.18. The van der Waals surface area contributed by atoms with E-state index in [2.05, 4.69) is 4.90 Å². The summed E-state index contributed by atoms with van der Waals surface area (Å²) in [7, 11) is 0. The number of nitrogens with zero attached hydrogens (tertiary/aromatic N) is 2. The van der Waals surface area contributed by atoms with Gasteiger partial charge in [0.1, 0.15) is 23.3 Å². The summed E-state index contributed by atoms with van der Waals surface area (Å²) in [6.07, 6.45) is 2.32. The monoisotopic (exact) mass is 388 g/mol. The number of thioether (sulfide) groups is 1. The van der Waals surface area contributed by atoms with Gasteiger partial charge in [-0.05, 0) is 47.5 Å². The lowest BCUT2D eigenvalue weighted by atomic mass is 10.1. The minimum atomic E-state index is -0.577. The van der Waals surface area contributed by atoms with Crippen LogP contribution in [-0.4, -0.2) is 29.2 Å². The lowest BCUT2D eigenvalue weighted by molar-refractivity contribution is 0.574. The minimum Gasteiger partial charge on any atom is -0.356 e. The molecule has 6 heteroatoms. The van der Waals surface area contributed by atoms with Crippen LogP contribution in [0.4, 0.5) is 19.0 Å². The lowest BCUT2D eigenvalue weighted by Crippen LogP contribution is -2.33. The van der Waals surface area contributed by atoms with Crippen LogP contribution in [0, 0.1) is 17.5 Å². The molecule has 2 aromatic carbocycles. The first-order chi connectivity index (χ1) is 13.1. The van der Waals surface area contributed by atoms with Gasteiger partial charge in [-0.15, -0.1) is 0 Å². The second-order valence-corrected chi connectivity index (χ2v) is 7.79. The van der Waals surface area contributed by atoms with Crippen LogP contribution >= 0.6 is 11.8 Å². The third kappa shape index (κ3) is 4.00. The Bertz CT molecular complexity index is 931. The third-order valence-corrected chi connectivity index (χ3v) is 5.65. The predicted molar refractivity (Wildman–Crippen MR) is 104 cm³/mol. The van der Waals surface area contributed by atoms with Crippen molar-refractivity contribution in [2.24, 2.45) is 0 Å². The molecule has 2 nitrogen and oxygen atoms in total. The maximum Gasteiger partial charge on any atom is 0.129 e. The van der Waals surface area contributed by atoms with Gasteiger partial charge in [-0.2, -0.15) is 11.8 Å². The van der Waals surface area contributed by atoms with Gasteiger partial charge in [-0.3, -0.25) is 0 Å². The van der Waals surface area contributed by atoms with E-state index in [0.717, 1.165) is 47.7 Å². The summed E-state index contributed by atoms with van der Waals surface area (Å²) in [5.74, 6) is 1.72. The van der Waals surface area contributed by atoms with Gasteiger partial charge in [0.2, 0.25) is 0 Å². The summed E-state index contributed by atoms with van der Waals surface area (Å²) in [5, 5.41) is 0. The van der Waals surface area contributed by atoms with E-state index in [1.54, 1.807) is 12.1 Å². The van der Waals surface area contributed by atoms with Crippen molar-refractivity contribution in [3.63, 3.8) is 0 Å². The Hall–Kier alpha value is -2.34. The Morgan fingerprint density at radius 3 is 2.26 bits per heavy atom. The first-order valence-corrected chi connectivity index (χ1v) is 9.99. The van der Waals surface area contributed by atoms with Crippen molar-refractivity contribution >= 4 is 17.6 Å². The normalized spacial score (nSPS) is 14.6. The first-order valence-electron chi connectivity index (χ1n) is 8.84. The van der Waals surface area contributed by atoms with E-state index in [9.17, 15) is 13.2 Å². The molecule has 0 aliphatic carbocycles. The third-order valence-electron chi connectivity index (χ3n) is 4.71. The van der Waals surface area contributed by atoms with Crippen LogP contribution in [0.15, 0.2) is 54.7 Å². The number of benzene rings is 2. The van der Waals surface area contributed by atoms with Crippen LogP contribution in [0.5, 0.6) is 0 Å². The number of aromatic nitrogens is 1. The Morgan fingerprint density at radius 1 is 0.852 bits per heavy atom. The zero-order valence-corrected chi connectivity index (χ0v) is 15.5. The maximum atomic E-state index is 14.1. The van der Waals surface area contributed by atoms with Gasteiger partial charge in [-0.25, -0.2) is 13.2 Å². The summed E-state index contributed by atoms with van der Waals surface area (Å²) < 4.78 is 42.6. The largest absolute Gasteiger partial charge is 0.356 e. The van der Waals surface area contributed by atoms with Crippen LogP contribution in [0.2, 0.25) is 0 Å². The summed E-state index contributed by atoms with van der Waals surface area (Å²) in [5.41, 5.74) is 2.24. The maximum absolute atomic E-state index is 14.1. The number of anilines is 1. The van der Waals surface area contributed by atoms with Crippen molar-refractivity contribution in [3.8, 4) is 5.69 Å². The fraction of sp³-hybridized carbons (Fsp3) is 0.238. The number of hydrogen-bond acceptors (Lipinski definition) is 2. The Labute approximate surface area is 160 Å². The zero-order valence-electron chi connectivity index (χ0n) is 14.7. The van der Waals surface area contributed by atoms with Crippen molar-refractivity contribution in [2.45, 2.75) is 6.42 Å². The molecule has 0 spiro atoms. The average molecular weight is 388 g/mol. The van der Waals surface area contributed by atoms with Crippen LogP contribution in [0.3, 0.4) is 0 Å². The van der Waals surface area contributed by atoms with Crippen molar-refractivity contribution in [2.75, 3.05) is 29.5 Å². The quantitative estimate of drug-likeness (QED) is 0.619. The molecular formula is C21H19F3N2S. The molecule has 1 aromatic heterocycles. The molecule has 4 rings (SSSR count). The highest BCUT2D eigenvalue weighted by atomic mass is 32.2. The number of halogens is 3. The number of hydrogen-bond donors (Lipinski definition) is 0. The molecule has 27 heavy (non-hydrogen) atoms. The average Bonchev–Trinajstić information content (AvgIpc) is 3.09. The molecule has 0 radical (unpaired) electrons. The van der Waals surface area contributed by atoms with Gasteiger partial charge in [0.15, 0.2) is 0 Å². The van der Waals surface area contributed by atoms with Crippen molar-refractivity contribution < 1.29 is 13.2 Å². The molecule has 0 bridgehead atoms. The van der Waals surface area contributed by atoms with E-state index in [1.807, 2.05) is 28.6 Å². The first kappa shape index (κ1) is 18.0. The van der Waals surface area contributed by atoms with Crippen LogP contribution in [0.1, 0.15) is 11.1 Å². The Morgan fingerprint density at radius 2 is 1.56 bits per heavy atom. The molecule has 0 amide bonds. The smallest absolute Gasteiger partial charge is 0.129 e. The second kappa shape index (κ2) is 7.72. The van der Waals surface area contributed by atoms with Crippen molar-refractivity contribution in [1.82, 2.24) is 4.57 Å². The summed E-state index contributed by atoms with van der Waals surface area (Å²) in [4.78, 5) is 2.30. The molecule has 1 aliphatic heterocycles. The zero-order chi connectivity index (χ0) is 18.8. The van der Waals surface area contributed by atoms with E-state index in [0.29, 0.717) is 12.0 Å². The van der Waals surface area contributed by atoms with E-state index < -0.39 is 11.6 Å². The van der Waals surface area contributed by atoms with Gasteiger partial charge in [-0.1, -0.05) is 6.07 Å². The molecule has 1 fully saturated rings. The second-order valence-electron chi connectivity index (χ2n) is 6.56. The number of rotatable bonds is 4. The van der Waals surface area contributed by atoms with Crippen LogP contribution in [0.25, 0.3) is 5.69 Å². The molecule has 3 aromatic rings. The predicted octanol–water partition coefficient (Wildman–Crippen LogP) is 5.04. The Balaban J connectivity index is 1.71. The van der Waals surface area contributed by atoms with E-state index in [4.69, 9.17) is 0 Å². The molecule has 0 N–H and O–H groups in total. The molecule has 140 valence electrons. The van der Waals surface area contributed by atoms with Crippen LogP contribution in [-0.2, 0) is 6.42 Å². The van der Waals surface area contributed by atoms with Gasteiger partial charge in [0.05, 0.1) is 0 Å². The molecule has 0 unspecified atom stereocenters. The highest BCUT2D eigenvalue weighted by Crippen LogP contribution is 2.28. The van der Waals surface area contributed by atoms with E-state index in [-0.39, 0.29) is 5.82 Å². The SMILES string of the molecule is Fc1ccc(-n2cc(Cc3ccc(F)cc3F)cc2N2CCSCC2)cc1. The lowest BCUT2D eigenvalue weighted by Gasteiger charge is -2.29. The fourth-order valence-electron chi connectivity index (χ4n) is 3.33. The van der Waals surface area contributed by atoms with Crippen molar-refractivity contribution in [3.05, 3.63) is 83.3 Å². The standard InChI is InChI=1S/C21H19F3N2S/c22-17-3-5-19(6-4-17)26-14-15(11-16-1-2-18(23)13-20(16)24)12-21(26)25-7-9-27-10-8-25/h1-6,12-14H,7-11H2. The van der Waals surface area contributed by atoms with Gasteiger partial charge >= 0.3 is 0 Å². The Kier molecular flexibility index (Phi) is 5.16. The summed E-state index contributed by atoms with van der Waals surface area (Å²) in [6, 6.07) is 12.1. The van der Waals surface area contributed by atoms with Gasteiger partial charge in [0, 0.05) is 49.0 Å². The fourth-order valence-corrected chi connectivity index (χ4v) is 4.23. The summed E-state index contributed by atoms with van der Waals surface area (Å²) in [6.45, 7) is 1.86. The molecule has 1 saturated heterocycles. The molecule has 0 atom stereocenters. The topological polar surface area (TPSA) is 8.17 Å². The van der Waals surface area contributed by atoms with E-state index >= 15 is 0 Å². The molecular weight excluding hydrogens is 369 g/mol. The molecule has 0 saturated carbocycles. The minimum absolute atomic E-state index is 0.282. The van der Waals surface area contributed by atoms with E-state index in [1.165, 1.54) is 24.3 Å². The van der Waals surface area contributed by atoms with Crippen LogP contribution < -0.4 is 4.90 Å². The van der Waals surface area contributed by atoms with Crippen molar-refractivity contribution in [1.29, 1.82) is 0 Å². The van der Waals surface area contributed by atoms with Gasteiger partial charge in [0.25, 0.3) is 0 Å². The summed E-state index contributed by atoms with van der Waals surface area (Å²) >= 11 is 1.92. The molecule has 2 heterocycles.